The lowest BCUT2D eigenvalue weighted by Crippen LogP contribution is -2.16. The number of nitrogens with two attached hydrogens (primary N) is 2. The van der Waals surface area contributed by atoms with Gasteiger partial charge in [0.15, 0.2) is 0 Å². The first-order valence-electron chi connectivity index (χ1n) is 6.50. The number of aromatic nitrogens is 2. The van der Waals surface area contributed by atoms with Gasteiger partial charge in [-0.05, 0) is 25.1 Å². The van der Waals surface area contributed by atoms with Gasteiger partial charge in [-0.3, -0.25) is 9.59 Å². The van der Waals surface area contributed by atoms with Gasteiger partial charge in [-0.2, -0.15) is 0 Å². The maximum Gasteiger partial charge on any atom is 0.248 e. The minimum absolute atomic E-state index is 0.229. The van der Waals surface area contributed by atoms with Crippen molar-refractivity contribution in [1.29, 1.82) is 0 Å². The van der Waals surface area contributed by atoms with Gasteiger partial charge in [-0.1, -0.05) is 0 Å². The molecule has 5 N–H and O–H groups in total. The third-order valence-corrected chi connectivity index (χ3v) is 3.10. The molecule has 0 radical (unpaired) electrons. The molecular formula is C14H17N5O2. The van der Waals surface area contributed by atoms with Gasteiger partial charge < -0.3 is 21.4 Å². The Kier molecular flexibility index (Phi) is 4.22. The topological polar surface area (TPSA) is 116 Å². The average Bonchev–Trinajstić information content (AvgIpc) is 2.92. The fraction of sp³-hybridized carbons (Fsp3) is 0.214. The van der Waals surface area contributed by atoms with Crippen LogP contribution in [0.3, 0.4) is 0 Å². The van der Waals surface area contributed by atoms with Crippen LogP contribution in [-0.4, -0.2) is 21.4 Å². The molecule has 2 rings (SSSR count). The number of rotatable bonds is 6. The summed E-state index contributed by atoms with van der Waals surface area (Å²) in [7, 11) is 0. The summed E-state index contributed by atoms with van der Waals surface area (Å²) in [4.78, 5) is 26.8. The molecule has 1 aromatic carbocycles. The van der Waals surface area contributed by atoms with Crippen LogP contribution in [0.4, 0.5) is 5.69 Å². The Bertz CT molecular complexity index is 646. The Morgan fingerprint density at radius 1 is 1.19 bits per heavy atom. The van der Waals surface area contributed by atoms with Crippen LogP contribution in [0.15, 0.2) is 30.6 Å². The number of primary amides is 2. The molecule has 110 valence electrons. The fourth-order valence-corrected chi connectivity index (χ4v) is 1.99. The molecule has 2 aromatic rings. The van der Waals surface area contributed by atoms with Crippen molar-refractivity contribution in [1.82, 2.24) is 9.55 Å². The summed E-state index contributed by atoms with van der Waals surface area (Å²) in [6, 6.07) is 4.53. The first-order valence-corrected chi connectivity index (χ1v) is 6.50. The van der Waals surface area contributed by atoms with Gasteiger partial charge in [0.25, 0.3) is 0 Å². The van der Waals surface area contributed by atoms with Gasteiger partial charge in [0.1, 0.15) is 5.82 Å². The molecule has 0 atom stereocenters. The number of carbonyl (C=O) groups excluding carboxylic acids is 2. The van der Waals surface area contributed by atoms with Crippen molar-refractivity contribution in [2.75, 3.05) is 5.32 Å². The quantitative estimate of drug-likeness (QED) is 0.725. The van der Waals surface area contributed by atoms with Gasteiger partial charge in [0, 0.05) is 35.8 Å². The van der Waals surface area contributed by atoms with E-state index >= 15 is 0 Å². The first-order chi connectivity index (χ1) is 10.0. The number of nitrogens with zero attached hydrogens (tertiary/aromatic N) is 2. The summed E-state index contributed by atoms with van der Waals surface area (Å²) in [5, 5.41) is 3.11. The molecule has 2 amide bonds. The highest BCUT2D eigenvalue weighted by Crippen LogP contribution is 2.15. The van der Waals surface area contributed by atoms with Gasteiger partial charge >= 0.3 is 0 Å². The number of carbonyl (C=O) groups is 2. The number of imidazole rings is 1. The molecule has 0 bridgehead atoms. The Balaban J connectivity index is 2.23. The van der Waals surface area contributed by atoms with Gasteiger partial charge in [-0.25, -0.2) is 4.98 Å². The van der Waals surface area contributed by atoms with Gasteiger partial charge in [-0.15, -0.1) is 0 Å². The van der Waals surface area contributed by atoms with Crippen LogP contribution in [0.25, 0.3) is 0 Å². The number of nitrogens with one attached hydrogen (secondary N) is 1. The van der Waals surface area contributed by atoms with E-state index in [0.717, 1.165) is 12.4 Å². The van der Waals surface area contributed by atoms with Crippen molar-refractivity contribution in [3.8, 4) is 0 Å². The standard InChI is InChI=1S/C14H17N5O2/c1-2-19-4-3-17-12(19)8-18-11-6-9(13(15)20)5-10(7-11)14(16)21/h3-7,18H,2,8H2,1H3,(H2,15,20)(H2,16,21). The summed E-state index contributed by atoms with van der Waals surface area (Å²) >= 11 is 0. The molecule has 0 spiro atoms. The van der Waals surface area contributed by atoms with E-state index in [4.69, 9.17) is 11.5 Å². The number of aryl methyl sites for hydroxylation is 1. The molecule has 7 nitrogen and oxygen atoms in total. The monoisotopic (exact) mass is 287 g/mol. The second kappa shape index (κ2) is 6.08. The van der Waals surface area contributed by atoms with Gasteiger partial charge in [0.05, 0.1) is 6.54 Å². The Hall–Kier alpha value is -2.83. The Labute approximate surface area is 122 Å². The summed E-state index contributed by atoms with van der Waals surface area (Å²) in [5.41, 5.74) is 11.6. The second-order valence-corrected chi connectivity index (χ2v) is 4.51. The van der Waals surface area contributed by atoms with Crippen LogP contribution < -0.4 is 16.8 Å². The molecule has 0 aliphatic heterocycles. The maximum absolute atomic E-state index is 11.3. The molecule has 1 aromatic heterocycles. The molecule has 0 aliphatic carbocycles. The van der Waals surface area contributed by atoms with Crippen LogP contribution in [-0.2, 0) is 13.1 Å². The lowest BCUT2D eigenvalue weighted by atomic mass is 10.1. The van der Waals surface area contributed by atoms with Crippen LogP contribution in [0, 0.1) is 0 Å². The van der Waals surface area contributed by atoms with Crippen LogP contribution in [0.5, 0.6) is 0 Å². The fourth-order valence-electron chi connectivity index (χ4n) is 1.99. The number of hydrogen-bond donors (Lipinski definition) is 3. The summed E-state index contributed by atoms with van der Waals surface area (Å²) in [5.74, 6) is -0.380. The van der Waals surface area contributed by atoms with Crippen molar-refractivity contribution in [2.45, 2.75) is 20.0 Å². The molecule has 21 heavy (non-hydrogen) atoms. The molecule has 0 fully saturated rings. The predicted octanol–water partition coefficient (Wildman–Crippen LogP) is 0.713. The maximum atomic E-state index is 11.3. The zero-order valence-corrected chi connectivity index (χ0v) is 11.7. The van der Waals surface area contributed by atoms with Crippen LogP contribution >= 0.6 is 0 Å². The van der Waals surface area contributed by atoms with E-state index in [-0.39, 0.29) is 11.1 Å². The van der Waals surface area contributed by atoms with E-state index in [9.17, 15) is 9.59 Å². The molecule has 0 aliphatic rings. The highest BCUT2D eigenvalue weighted by atomic mass is 16.1. The molecular weight excluding hydrogens is 270 g/mol. The van der Waals surface area contributed by atoms with E-state index in [2.05, 4.69) is 10.3 Å². The smallest absolute Gasteiger partial charge is 0.248 e. The summed E-state index contributed by atoms with van der Waals surface area (Å²) in [6.07, 6.45) is 3.60. The number of amides is 2. The molecule has 0 saturated heterocycles. The highest BCUT2D eigenvalue weighted by molar-refractivity contribution is 5.99. The van der Waals surface area contributed by atoms with E-state index in [0.29, 0.717) is 12.2 Å². The minimum Gasteiger partial charge on any atom is -0.378 e. The van der Waals surface area contributed by atoms with E-state index in [1.165, 1.54) is 6.07 Å². The molecule has 7 heteroatoms. The SMILES string of the molecule is CCn1ccnc1CNc1cc(C(N)=O)cc(C(N)=O)c1. The normalized spacial score (nSPS) is 10.3. The summed E-state index contributed by atoms with van der Waals surface area (Å²) < 4.78 is 1.99. The zero-order valence-electron chi connectivity index (χ0n) is 11.7. The largest absolute Gasteiger partial charge is 0.378 e. The van der Waals surface area contributed by atoms with E-state index in [1.54, 1.807) is 18.3 Å². The lowest BCUT2D eigenvalue weighted by Gasteiger charge is -2.10. The Morgan fingerprint density at radius 2 is 1.81 bits per heavy atom. The highest BCUT2D eigenvalue weighted by Gasteiger charge is 2.09. The van der Waals surface area contributed by atoms with Crippen molar-refractivity contribution in [3.05, 3.63) is 47.5 Å². The number of hydrogen-bond acceptors (Lipinski definition) is 4. The molecule has 1 heterocycles. The summed E-state index contributed by atoms with van der Waals surface area (Å²) in [6.45, 7) is 3.29. The van der Waals surface area contributed by atoms with E-state index < -0.39 is 11.8 Å². The first kappa shape index (κ1) is 14.6. The Morgan fingerprint density at radius 3 is 2.33 bits per heavy atom. The third kappa shape index (κ3) is 3.38. The predicted molar refractivity (Wildman–Crippen MR) is 78.7 cm³/mol. The lowest BCUT2D eigenvalue weighted by molar-refractivity contribution is 0.0999. The number of benzene rings is 1. The van der Waals surface area contributed by atoms with Crippen molar-refractivity contribution in [3.63, 3.8) is 0 Å². The van der Waals surface area contributed by atoms with Crippen LogP contribution in [0.2, 0.25) is 0 Å². The van der Waals surface area contributed by atoms with Gasteiger partial charge in [0.2, 0.25) is 11.8 Å². The van der Waals surface area contributed by atoms with Crippen molar-refractivity contribution in [2.24, 2.45) is 11.5 Å². The molecule has 0 unspecified atom stereocenters. The van der Waals surface area contributed by atoms with Crippen molar-refractivity contribution < 1.29 is 9.59 Å². The van der Waals surface area contributed by atoms with E-state index in [1.807, 2.05) is 17.7 Å². The molecule has 0 saturated carbocycles. The minimum atomic E-state index is -0.615. The number of anilines is 1. The van der Waals surface area contributed by atoms with Crippen molar-refractivity contribution >= 4 is 17.5 Å². The second-order valence-electron chi connectivity index (χ2n) is 4.51. The third-order valence-electron chi connectivity index (χ3n) is 3.10. The average molecular weight is 287 g/mol. The zero-order chi connectivity index (χ0) is 15.4. The van der Waals surface area contributed by atoms with Crippen LogP contribution in [0.1, 0.15) is 33.5 Å².